The van der Waals surface area contributed by atoms with Gasteiger partial charge in [0.1, 0.15) is 0 Å². The Labute approximate surface area is 169 Å². The highest BCUT2D eigenvalue weighted by Crippen LogP contribution is 2.23. The van der Waals surface area contributed by atoms with E-state index in [1.807, 2.05) is 10.6 Å². The van der Waals surface area contributed by atoms with Crippen molar-refractivity contribution in [3.63, 3.8) is 0 Å². The number of halogens is 1. The van der Waals surface area contributed by atoms with Crippen molar-refractivity contribution in [3.8, 4) is 0 Å². The second-order valence-corrected chi connectivity index (χ2v) is 8.41. The second kappa shape index (κ2) is 10.8. The zero-order valence-electron chi connectivity index (χ0n) is 16.4. The zero-order chi connectivity index (χ0) is 19.8. The molecule has 8 heteroatoms. The maximum atomic E-state index is 12.3. The van der Waals surface area contributed by atoms with E-state index in [0.717, 1.165) is 17.3 Å². The Morgan fingerprint density at radius 3 is 2.52 bits per heavy atom. The summed E-state index contributed by atoms with van der Waals surface area (Å²) in [7, 11) is 1.62. The number of allylic oxidation sites excluding steroid dienone is 2. The smallest absolute Gasteiger partial charge is 0.309 e. The Bertz CT molecular complexity index is 893. The SMILES string of the molecule is CCCCCCCCCSc1nc2c(c(=O)[nH]c(=O)n2C)n1CC=C(C)Cl. The molecule has 0 radical (unpaired) electrons. The quantitative estimate of drug-likeness (QED) is 0.438. The van der Waals surface area contributed by atoms with E-state index in [1.54, 1.807) is 25.7 Å². The van der Waals surface area contributed by atoms with Gasteiger partial charge in [-0.25, -0.2) is 9.78 Å². The summed E-state index contributed by atoms with van der Waals surface area (Å²) >= 11 is 7.60. The number of nitrogens with one attached hydrogen (secondary N) is 1. The van der Waals surface area contributed by atoms with Crippen LogP contribution >= 0.6 is 23.4 Å². The van der Waals surface area contributed by atoms with Crippen molar-refractivity contribution in [1.82, 2.24) is 19.1 Å². The van der Waals surface area contributed by atoms with Gasteiger partial charge >= 0.3 is 5.69 Å². The predicted molar refractivity (Wildman–Crippen MR) is 114 cm³/mol. The van der Waals surface area contributed by atoms with Gasteiger partial charge in [0.15, 0.2) is 16.3 Å². The summed E-state index contributed by atoms with van der Waals surface area (Å²) < 4.78 is 3.22. The Morgan fingerprint density at radius 2 is 1.85 bits per heavy atom. The number of aromatic amines is 1. The van der Waals surface area contributed by atoms with E-state index < -0.39 is 11.2 Å². The van der Waals surface area contributed by atoms with Crippen molar-refractivity contribution in [3.05, 3.63) is 31.9 Å². The molecule has 0 aliphatic heterocycles. The minimum atomic E-state index is -0.454. The molecule has 0 amide bonds. The van der Waals surface area contributed by atoms with Crippen LogP contribution < -0.4 is 11.2 Å². The molecule has 0 aliphatic carbocycles. The van der Waals surface area contributed by atoms with Crippen LogP contribution in [0.3, 0.4) is 0 Å². The predicted octanol–water partition coefficient (Wildman–Crippen LogP) is 4.41. The van der Waals surface area contributed by atoms with Crippen LogP contribution in [0.2, 0.25) is 0 Å². The minimum Gasteiger partial charge on any atom is -0.309 e. The highest BCUT2D eigenvalue weighted by molar-refractivity contribution is 7.99. The van der Waals surface area contributed by atoms with E-state index in [-0.39, 0.29) is 0 Å². The van der Waals surface area contributed by atoms with Crippen molar-refractivity contribution in [2.24, 2.45) is 7.05 Å². The Hall–Kier alpha value is -1.47. The number of aryl methyl sites for hydroxylation is 1. The van der Waals surface area contributed by atoms with Crippen LogP contribution in [0.4, 0.5) is 0 Å². The fourth-order valence-electron chi connectivity index (χ4n) is 2.93. The van der Waals surface area contributed by atoms with Crippen LogP contribution in [-0.4, -0.2) is 24.9 Å². The first-order valence-electron chi connectivity index (χ1n) is 9.60. The summed E-state index contributed by atoms with van der Waals surface area (Å²) in [5, 5.41) is 1.40. The van der Waals surface area contributed by atoms with E-state index in [9.17, 15) is 9.59 Å². The second-order valence-electron chi connectivity index (χ2n) is 6.76. The maximum Gasteiger partial charge on any atom is 0.329 e. The molecule has 2 aromatic rings. The van der Waals surface area contributed by atoms with Crippen molar-refractivity contribution in [2.75, 3.05) is 5.75 Å². The molecule has 0 aliphatic rings. The normalized spacial score (nSPS) is 12.2. The third-order valence-electron chi connectivity index (χ3n) is 4.51. The Balaban J connectivity index is 2.13. The molecule has 6 nitrogen and oxygen atoms in total. The van der Waals surface area contributed by atoms with Gasteiger partial charge in [-0.1, -0.05) is 74.9 Å². The van der Waals surface area contributed by atoms with E-state index >= 15 is 0 Å². The number of aromatic nitrogens is 4. The number of fused-ring (bicyclic) bond motifs is 1. The minimum absolute atomic E-state index is 0.409. The molecule has 0 aromatic carbocycles. The van der Waals surface area contributed by atoms with Gasteiger partial charge in [-0.15, -0.1) is 0 Å². The molecule has 0 unspecified atom stereocenters. The number of H-pyrrole nitrogens is 1. The summed E-state index contributed by atoms with van der Waals surface area (Å²) in [6, 6.07) is 0. The highest BCUT2D eigenvalue weighted by atomic mass is 35.5. The van der Waals surface area contributed by atoms with Gasteiger partial charge in [0.25, 0.3) is 5.56 Å². The number of nitrogens with zero attached hydrogens (tertiary/aromatic N) is 3. The van der Waals surface area contributed by atoms with Gasteiger partial charge in [-0.3, -0.25) is 14.3 Å². The molecule has 150 valence electrons. The number of imidazole rings is 1. The lowest BCUT2D eigenvalue weighted by atomic mass is 10.1. The monoisotopic (exact) mass is 412 g/mol. The average molecular weight is 413 g/mol. The van der Waals surface area contributed by atoms with Gasteiger partial charge in [0, 0.05) is 24.4 Å². The standard InChI is InChI=1S/C19H29ClN4O2S/c1-4-5-6-7-8-9-10-13-27-19-21-16-15(24(19)12-11-14(2)20)17(25)22-18(26)23(16)3/h11H,4-10,12-13H2,1-3H3,(H,22,25,26). The lowest BCUT2D eigenvalue weighted by Gasteiger charge is -2.06. The van der Waals surface area contributed by atoms with E-state index in [2.05, 4.69) is 16.9 Å². The fraction of sp³-hybridized carbons (Fsp3) is 0.632. The third-order valence-corrected chi connectivity index (χ3v) is 5.72. The number of thioether (sulfide) groups is 1. The Kier molecular flexibility index (Phi) is 8.70. The number of unbranched alkanes of at least 4 members (excludes halogenated alkanes) is 6. The first-order chi connectivity index (χ1) is 13.0. The van der Waals surface area contributed by atoms with Crippen molar-refractivity contribution in [2.45, 2.75) is 70.5 Å². The molecule has 2 aromatic heterocycles. The van der Waals surface area contributed by atoms with E-state index in [4.69, 9.17) is 11.6 Å². The van der Waals surface area contributed by atoms with Crippen molar-refractivity contribution in [1.29, 1.82) is 0 Å². The lowest BCUT2D eigenvalue weighted by Crippen LogP contribution is -2.29. The van der Waals surface area contributed by atoms with Crippen LogP contribution in [-0.2, 0) is 13.6 Å². The lowest BCUT2D eigenvalue weighted by molar-refractivity contribution is 0.603. The highest BCUT2D eigenvalue weighted by Gasteiger charge is 2.16. The van der Waals surface area contributed by atoms with Gasteiger partial charge in [-0.05, 0) is 13.3 Å². The van der Waals surface area contributed by atoms with Gasteiger partial charge in [-0.2, -0.15) is 0 Å². The molecular formula is C19H29ClN4O2S. The molecule has 0 fully saturated rings. The van der Waals surface area contributed by atoms with E-state index in [1.165, 1.54) is 43.1 Å². The van der Waals surface area contributed by atoms with Gasteiger partial charge < -0.3 is 4.57 Å². The maximum absolute atomic E-state index is 12.3. The molecule has 0 atom stereocenters. The van der Waals surface area contributed by atoms with Gasteiger partial charge in [0.05, 0.1) is 0 Å². The van der Waals surface area contributed by atoms with E-state index in [0.29, 0.717) is 22.7 Å². The van der Waals surface area contributed by atoms with Crippen LogP contribution in [0.15, 0.2) is 25.9 Å². The number of hydrogen-bond acceptors (Lipinski definition) is 4. The number of hydrogen-bond donors (Lipinski definition) is 1. The first-order valence-corrected chi connectivity index (χ1v) is 11.0. The zero-order valence-corrected chi connectivity index (χ0v) is 18.0. The molecule has 0 saturated heterocycles. The summed E-state index contributed by atoms with van der Waals surface area (Å²) in [5.41, 5.74) is -0.0476. The molecular weight excluding hydrogens is 384 g/mol. The molecule has 0 bridgehead atoms. The van der Waals surface area contributed by atoms with Crippen molar-refractivity contribution < 1.29 is 0 Å². The summed E-state index contributed by atoms with van der Waals surface area (Å²) in [4.78, 5) is 31.1. The molecule has 1 N–H and O–H groups in total. The Morgan fingerprint density at radius 1 is 1.19 bits per heavy atom. The summed E-state index contributed by atoms with van der Waals surface area (Å²) in [6.45, 7) is 4.48. The summed E-state index contributed by atoms with van der Waals surface area (Å²) in [5.74, 6) is 0.937. The summed E-state index contributed by atoms with van der Waals surface area (Å²) in [6.07, 6.45) is 10.6. The first kappa shape index (κ1) is 21.8. The van der Waals surface area contributed by atoms with Crippen LogP contribution in [0.5, 0.6) is 0 Å². The fourth-order valence-corrected chi connectivity index (χ4v) is 4.01. The topological polar surface area (TPSA) is 72.7 Å². The molecule has 2 rings (SSSR count). The van der Waals surface area contributed by atoms with Crippen LogP contribution in [0.25, 0.3) is 11.2 Å². The van der Waals surface area contributed by atoms with Crippen LogP contribution in [0, 0.1) is 0 Å². The molecule has 2 heterocycles. The van der Waals surface area contributed by atoms with Crippen LogP contribution in [0.1, 0.15) is 58.8 Å². The molecule has 0 saturated carbocycles. The third kappa shape index (κ3) is 6.01. The van der Waals surface area contributed by atoms with Gasteiger partial charge in [0.2, 0.25) is 0 Å². The molecule has 27 heavy (non-hydrogen) atoms. The molecule has 0 spiro atoms. The van der Waals surface area contributed by atoms with Crippen molar-refractivity contribution >= 4 is 34.5 Å². The largest absolute Gasteiger partial charge is 0.329 e. The number of rotatable bonds is 11. The average Bonchev–Trinajstić information content (AvgIpc) is 2.99.